The number of carboxylic acids is 1. The molecule has 0 aliphatic rings. The van der Waals surface area contributed by atoms with E-state index in [-0.39, 0.29) is 60.1 Å². The van der Waals surface area contributed by atoms with Crippen LogP contribution in [0.1, 0.15) is 52.7 Å². The standard InChI is InChI=1S/C16H14N2O3.C14H10N2O3.C10H9BrN2O2.C6H6O.CH4.Na.H2O/c1-2-20-16(19)14-11-17-15-10-13(8-9-18(14)15)21-12-6-4-3-5-7-12;17-14(18)12-9-15-13-8-11(6-7-16(12)13)19-10-4-2-1-3-5-10;1-2-15-10(14)8-6-12-9-5-7(11)3-4-13(8)9;7-6-4-2-1-3-5-6;;;/h3-11H,2H2,1H3;1-9H,(H,17,18);3-6H,2H2,1H3;1-5,7H;1H4;;1H2/q;;;;;+1;/p-1. The van der Waals surface area contributed by atoms with Crippen molar-refractivity contribution in [2.24, 2.45) is 0 Å². The Labute approximate surface area is 404 Å². The molecule has 0 atom stereocenters. The van der Waals surface area contributed by atoms with E-state index in [4.69, 9.17) is 29.2 Å². The maximum absolute atomic E-state index is 11.8. The minimum absolute atomic E-state index is 0. The van der Waals surface area contributed by atoms with Gasteiger partial charge >= 0.3 is 47.5 Å². The number of carbonyl (C=O) groups excluding carboxylic acids is 2. The van der Waals surface area contributed by atoms with Crippen LogP contribution in [-0.4, -0.2) is 75.0 Å². The molecule has 330 valence electrons. The smallest absolute Gasteiger partial charge is 0.870 e. The zero-order valence-corrected chi connectivity index (χ0v) is 38.3. The molecule has 0 amide bonds. The van der Waals surface area contributed by atoms with Gasteiger partial charge in [0.2, 0.25) is 0 Å². The fourth-order valence-corrected chi connectivity index (χ4v) is 5.88. The molecule has 6 aromatic heterocycles. The van der Waals surface area contributed by atoms with Crippen LogP contribution in [0.2, 0.25) is 0 Å². The number of hydrogen-bond donors (Lipinski definition) is 2. The van der Waals surface area contributed by atoms with Gasteiger partial charge in [-0.2, -0.15) is 0 Å². The molecule has 16 nitrogen and oxygen atoms in total. The molecule has 0 aliphatic heterocycles. The Kier molecular flexibility index (Phi) is 20.9. The van der Waals surface area contributed by atoms with Crippen molar-refractivity contribution in [3.8, 4) is 28.7 Å². The number of rotatable bonds is 9. The van der Waals surface area contributed by atoms with Crippen molar-refractivity contribution in [1.29, 1.82) is 0 Å². The third-order valence-corrected chi connectivity index (χ3v) is 8.84. The van der Waals surface area contributed by atoms with Crippen LogP contribution in [0.15, 0.2) is 169 Å². The molecule has 0 aliphatic carbocycles. The molecule has 18 heteroatoms. The summed E-state index contributed by atoms with van der Waals surface area (Å²) in [5.74, 6) is 1.31. The first-order chi connectivity index (χ1) is 30.1. The number of halogens is 1. The van der Waals surface area contributed by atoms with Gasteiger partial charge < -0.3 is 34.6 Å². The van der Waals surface area contributed by atoms with Gasteiger partial charge in [-0.1, -0.05) is 78.0 Å². The number of aromatic nitrogens is 6. The van der Waals surface area contributed by atoms with Crippen LogP contribution in [0.4, 0.5) is 0 Å². The van der Waals surface area contributed by atoms with Crippen LogP contribution >= 0.6 is 15.9 Å². The zero-order valence-electron chi connectivity index (χ0n) is 34.8. The quantitative estimate of drug-likeness (QED) is 0.108. The van der Waals surface area contributed by atoms with Crippen LogP contribution < -0.4 is 39.0 Å². The summed E-state index contributed by atoms with van der Waals surface area (Å²) in [7, 11) is 0. The largest absolute Gasteiger partial charge is 1.00 e. The van der Waals surface area contributed by atoms with Crippen molar-refractivity contribution in [3.05, 3.63) is 186 Å². The summed E-state index contributed by atoms with van der Waals surface area (Å²) in [4.78, 5) is 46.6. The number of ether oxygens (including phenoxy) is 4. The van der Waals surface area contributed by atoms with Crippen molar-refractivity contribution in [2.45, 2.75) is 21.3 Å². The van der Waals surface area contributed by atoms with E-state index in [1.54, 1.807) is 89.8 Å². The average Bonchev–Trinajstić information content (AvgIpc) is 4.02. The number of phenols is 1. The minimum Gasteiger partial charge on any atom is -0.870 e. The number of hydrogen-bond acceptors (Lipinski definition) is 12. The van der Waals surface area contributed by atoms with Crippen LogP contribution in [0, 0.1) is 0 Å². The van der Waals surface area contributed by atoms with Gasteiger partial charge in [-0.25, -0.2) is 29.3 Å². The van der Waals surface area contributed by atoms with Crippen LogP contribution in [-0.2, 0) is 9.47 Å². The number of para-hydroxylation sites is 3. The molecule has 6 heterocycles. The van der Waals surface area contributed by atoms with E-state index in [0.29, 0.717) is 58.8 Å². The summed E-state index contributed by atoms with van der Waals surface area (Å²) in [5.41, 5.74) is 2.85. The summed E-state index contributed by atoms with van der Waals surface area (Å²) in [6, 6.07) is 38.2. The first-order valence-electron chi connectivity index (χ1n) is 19.0. The molecule has 0 unspecified atom stereocenters. The fourth-order valence-electron chi connectivity index (χ4n) is 5.55. The number of pyridine rings is 3. The molecule has 0 radical (unpaired) electrons. The molecule has 3 N–H and O–H groups in total. The minimum atomic E-state index is -1.01. The number of carbonyl (C=O) groups is 3. The van der Waals surface area contributed by atoms with E-state index in [1.807, 2.05) is 78.9 Å². The number of nitrogens with zero attached hydrogens (tertiary/aromatic N) is 6. The SMILES string of the molecule is C.CCOC(=O)c1cnc2cc(Br)ccn12.CCOC(=O)c1cnc2cc(Oc3ccccc3)ccn12.O=C(O)c1cnc2cc(Oc3ccccc3)ccn12.Oc1ccccc1.[Na+].[OH-]. The van der Waals surface area contributed by atoms with Crippen molar-refractivity contribution >= 4 is 50.8 Å². The number of phenolic OH excluding ortho intramolecular Hbond substituents is 1. The molecule has 3 aromatic carbocycles. The number of imidazole rings is 3. The van der Waals surface area contributed by atoms with Crippen LogP contribution in [0.5, 0.6) is 28.7 Å². The second-order valence-electron chi connectivity index (χ2n) is 12.6. The predicted octanol–water partition coefficient (Wildman–Crippen LogP) is 7.26. The zero-order chi connectivity index (χ0) is 43.8. The summed E-state index contributed by atoms with van der Waals surface area (Å²) >= 11 is 3.34. The van der Waals surface area contributed by atoms with E-state index < -0.39 is 5.97 Å². The summed E-state index contributed by atoms with van der Waals surface area (Å²) in [6.45, 7) is 4.24. The van der Waals surface area contributed by atoms with Crippen molar-refractivity contribution in [1.82, 2.24) is 28.2 Å². The van der Waals surface area contributed by atoms with Crippen molar-refractivity contribution < 1.29 is 78.6 Å². The Morgan fingerprint density at radius 2 is 0.923 bits per heavy atom. The summed E-state index contributed by atoms with van der Waals surface area (Å²) in [6.07, 6.45) is 9.49. The van der Waals surface area contributed by atoms with E-state index in [1.165, 1.54) is 23.0 Å². The van der Waals surface area contributed by atoms with E-state index in [9.17, 15) is 14.4 Å². The van der Waals surface area contributed by atoms with Gasteiger partial charge in [-0.3, -0.25) is 13.2 Å². The molecule has 0 saturated heterocycles. The molecule has 9 aromatic rings. The first-order valence-corrected chi connectivity index (χ1v) is 19.8. The number of aromatic carboxylic acids is 1. The van der Waals surface area contributed by atoms with Gasteiger partial charge in [-0.15, -0.1) is 0 Å². The van der Waals surface area contributed by atoms with Crippen molar-refractivity contribution in [3.63, 3.8) is 0 Å². The van der Waals surface area contributed by atoms with E-state index >= 15 is 0 Å². The second-order valence-corrected chi connectivity index (χ2v) is 13.5. The Hall–Kier alpha value is -7.02. The fraction of sp³-hybridized carbons (Fsp3) is 0.106. The Balaban J connectivity index is 0.000000238. The maximum Gasteiger partial charge on any atom is 1.00 e. The van der Waals surface area contributed by atoms with E-state index in [0.717, 1.165) is 16.0 Å². The first kappa shape index (κ1) is 52.3. The number of esters is 2. The topological polar surface area (TPSA) is 210 Å². The maximum atomic E-state index is 11.8. The average molecular weight is 956 g/mol. The van der Waals surface area contributed by atoms with Crippen LogP contribution in [0.3, 0.4) is 0 Å². The molecule has 65 heavy (non-hydrogen) atoms. The van der Waals surface area contributed by atoms with Gasteiger partial charge in [0, 0.05) is 35.2 Å². The molecule has 0 saturated carbocycles. The predicted molar refractivity (Wildman–Crippen MR) is 242 cm³/mol. The van der Waals surface area contributed by atoms with Gasteiger partial charge in [0.05, 0.1) is 31.8 Å². The Morgan fingerprint density at radius 3 is 1.31 bits per heavy atom. The molecule has 0 spiro atoms. The second kappa shape index (κ2) is 25.9. The number of fused-ring (bicyclic) bond motifs is 3. The molecule has 0 bridgehead atoms. The molecule has 9 rings (SSSR count). The molecule has 0 fully saturated rings. The van der Waals surface area contributed by atoms with Gasteiger partial charge in [0.15, 0.2) is 17.1 Å². The number of aromatic hydroxyl groups is 1. The normalized spacial score (nSPS) is 9.83. The van der Waals surface area contributed by atoms with Crippen molar-refractivity contribution in [2.75, 3.05) is 13.2 Å². The van der Waals surface area contributed by atoms with Crippen LogP contribution in [0.25, 0.3) is 16.9 Å². The molecular formula is C47H44BrN6NaO10. The summed E-state index contributed by atoms with van der Waals surface area (Å²) < 4.78 is 27.1. The van der Waals surface area contributed by atoms with Gasteiger partial charge in [0.1, 0.15) is 45.7 Å². The van der Waals surface area contributed by atoms with E-state index in [2.05, 4.69) is 30.9 Å². The Morgan fingerprint density at radius 1 is 0.554 bits per heavy atom. The molecular weight excluding hydrogens is 911 g/mol. The third-order valence-electron chi connectivity index (χ3n) is 8.35. The van der Waals surface area contributed by atoms with Gasteiger partial charge in [-0.05, 0) is 74.5 Å². The Bertz CT molecular complexity index is 2890. The van der Waals surface area contributed by atoms with Gasteiger partial charge in [0.25, 0.3) is 0 Å². The summed E-state index contributed by atoms with van der Waals surface area (Å²) in [5, 5.41) is 17.6. The number of benzene rings is 3. The third kappa shape index (κ3) is 14.5. The number of carboxylic acid groups (broad SMARTS) is 1. The monoisotopic (exact) mass is 954 g/mol.